The molecule has 1 saturated heterocycles. The highest BCUT2D eigenvalue weighted by Gasteiger charge is 2.39. The van der Waals surface area contributed by atoms with E-state index in [0.717, 1.165) is 38.8 Å². The number of hydrogen-bond donors (Lipinski definition) is 2. The van der Waals surface area contributed by atoms with E-state index in [9.17, 15) is 9.18 Å². The van der Waals surface area contributed by atoms with Gasteiger partial charge in [0.2, 0.25) is 0 Å². The van der Waals surface area contributed by atoms with Crippen LogP contribution in [-0.2, 0) is 0 Å². The van der Waals surface area contributed by atoms with Crippen molar-refractivity contribution in [2.24, 2.45) is 5.41 Å². The van der Waals surface area contributed by atoms with Crippen LogP contribution >= 0.6 is 11.6 Å². The zero-order valence-corrected chi connectivity index (χ0v) is 12.4. The summed E-state index contributed by atoms with van der Waals surface area (Å²) in [7, 11) is 0. The average molecular weight is 299 g/mol. The van der Waals surface area contributed by atoms with Crippen molar-refractivity contribution in [3.63, 3.8) is 0 Å². The standard InChI is InChI=1S/C15H20ClFN2O/c1-2-3-15(4-6-19-7-5-15)14(20)10-8-11(16)13(18)12(17)9-10/h8-9,19H,2-7,18H2,1H3. The zero-order chi connectivity index (χ0) is 14.8. The Labute approximate surface area is 123 Å². The van der Waals surface area contributed by atoms with E-state index < -0.39 is 11.2 Å². The number of anilines is 1. The molecule has 0 amide bonds. The van der Waals surface area contributed by atoms with Crippen molar-refractivity contribution < 1.29 is 9.18 Å². The summed E-state index contributed by atoms with van der Waals surface area (Å²) >= 11 is 5.90. The Hall–Kier alpha value is -1.13. The molecule has 0 bridgehead atoms. The Balaban J connectivity index is 2.37. The number of nitrogens with one attached hydrogen (secondary N) is 1. The molecule has 110 valence electrons. The van der Waals surface area contributed by atoms with Gasteiger partial charge >= 0.3 is 0 Å². The quantitative estimate of drug-likeness (QED) is 0.661. The van der Waals surface area contributed by atoms with Crippen LogP contribution in [-0.4, -0.2) is 18.9 Å². The summed E-state index contributed by atoms with van der Waals surface area (Å²) in [6, 6.07) is 2.70. The van der Waals surface area contributed by atoms with Gasteiger partial charge in [-0.3, -0.25) is 4.79 Å². The second kappa shape index (κ2) is 6.10. The fourth-order valence-electron chi connectivity index (χ4n) is 3.00. The van der Waals surface area contributed by atoms with E-state index in [1.54, 1.807) is 0 Å². The summed E-state index contributed by atoms with van der Waals surface area (Å²) in [6.45, 7) is 3.70. The van der Waals surface area contributed by atoms with Crippen molar-refractivity contribution in [1.29, 1.82) is 0 Å². The summed E-state index contributed by atoms with van der Waals surface area (Å²) in [4.78, 5) is 12.8. The molecule has 3 nitrogen and oxygen atoms in total. The molecule has 20 heavy (non-hydrogen) atoms. The Morgan fingerprint density at radius 2 is 2.10 bits per heavy atom. The lowest BCUT2D eigenvalue weighted by atomic mass is 9.70. The van der Waals surface area contributed by atoms with Gasteiger partial charge in [0, 0.05) is 11.0 Å². The molecule has 1 aromatic carbocycles. The maximum absolute atomic E-state index is 13.7. The van der Waals surface area contributed by atoms with Gasteiger partial charge in [-0.25, -0.2) is 4.39 Å². The van der Waals surface area contributed by atoms with Crippen LogP contribution in [0.3, 0.4) is 0 Å². The van der Waals surface area contributed by atoms with E-state index in [0.29, 0.717) is 5.56 Å². The molecule has 0 spiro atoms. The van der Waals surface area contributed by atoms with Crippen LogP contribution < -0.4 is 11.1 Å². The molecule has 0 radical (unpaired) electrons. The molecule has 2 rings (SSSR count). The molecule has 1 aliphatic heterocycles. The predicted molar refractivity (Wildman–Crippen MR) is 79.6 cm³/mol. The summed E-state index contributed by atoms with van der Waals surface area (Å²) in [5, 5.41) is 3.37. The Bertz CT molecular complexity index is 484. The molecule has 1 heterocycles. The van der Waals surface area contributed by atoms with Gasteiger partial charge in [0.25, 0.3) is 0 Å². The van der Waals surface area contributed by atoms with Gasteiger partial charge in [0.15, 0.2) is 5.78 Å². The summed E-state index contributed by atoms with van der Waals surface area (Å²) in [5.41, 5.74) is 5.33. The number of halogens is 2. The molecule has 0 aliphatic carbocycles. The topological polar surface area (TPSA) is 55.1 Å². The van der Waals surface area contributed by atoms with Crippen molar-refractivity contribution in [1.82, 2.24) is 5.32 Å². The van der Waals surface area contributed by atoms with E-state index in [1.807, 2.05) is 0 Å². The summed E-state index contributed by atoms with van der Waals surface area (Å²) in [5.74, 6) is -0.636. The number of carbonyl (C=O) groups excluding carboxylic acids is 1. The normalized spacial score (nSPS) is 17.9. The maximum Gasteiger partial charge on any atom is 0.169 e. The first-order valence-corrected chi connectivity index (χ1v) is 7.38. The minimum atomic E-state index is -0.624. The average Bonchev–Trinajstić information content (AvgIpc) is 2.44. The Morgan fingerprint density at radius 1 is 1.45 bits per heavy atom. The lowest BCUT2D eigenvalue weighted by Crippen LogP contribution is -2.42. The minimum Gasteiger partial charge on any atom is -0.395 e. The summed E-state index contributed by atoms with van der Waals surface area (Å²) < 4.78 is 13.7. The lowest BCUT2D eigenvalue weighted by Gasteiger charge is -2.36. The van der Waals surface area contributed by atoms with Gasteiger partial charge < -0.3 is 11.1 Å². The van der Waals surface area contributed by atoms with E-state index in [4.69, 9.17) is 17.3 Å². The van der Waals surface area contributed by atoms with Crippen LogP contribution in [0.5, 0.6) is 0 Å². The van der Waals surface area contributed by atoms with E-state index in [1.165, 1.54) is 12.1 Å². The van der Waals surface area contributed by atoms with Crippen LogP contribution in [0.4, 0.5) is 10.1 Å². The molecule has 0 saturated carbocycles. The van der Waals surface area contributed by atoms with Crippen molar-refractivity contribution in [3.05, 3.63) is 28.5 Å². The molecule has 3 N–H and O–H groups in total. The lowest BCUT2D eigenvalue weighted by molar-refractivity contribution is 0.0704. The highest BCUT2D eigenvalue weighted by molar-refractivity contribution is 6.33. The first-order chi connectivity index (χ1) is 9.50. The third-order valence-electron chi connectivity index (χ3n) is 4.11. The Morgan fingerprint density at radius 3 is 2.65 bits per heavy atom. The number of nitrogens with two attached hydrogens (primary N) is 1. The van der Waals surface area contributed by atoms with Gasteiger partial charge in [0.1, 0.15) is 5.82 Å². The number of piperidine rings is 1. The van der Waals surface area contributed by atoms with E-state index >= 15 is 0 Å². The number of rotatable bonds is 4. The van der Waals surface area contributed by atoms with Gasteiger partial charge in [-0.1, -0.05) is 24.9 Å². The van der Waals surface area contributed by atoms with Crippen LogP contribution in [0.1, 0.15) is 43.0 Å². The number of ketones is 1. The van der Waals surface area contributed by atoms with Crippen molar-refractivity contribution in [2.75, 3.05) is 18.8 Å². The number of Topliss-reactive ketones (excluding diaryl/α,β-unsaturated/α-hetero) is 1. The SMILES string of the molecule is CCCC1(C(=O)c2cc(F)c(N)c(Cl)c2)CCNCC1. The van der Waals surface area contributed by atoms with Crippen LogP contribution in [0.15, 0.2) is 12.1 Å². The fraction of sp³-hybridized carbons (Fsp3) is 0.533. The van der Waals surface area contributed by atoms with Crippen LogP contribution in [0.2, 0.25) is 5.02 Å². The number of nitrogen functional groups attached to an aromatic ring is 1. The molecule has 1 aromatic rings. The molecule has 0 aromatic heterocycles. The smallest absolute Gasteiger partial charge is 0.169 e. The highest BCUT2D eigenvalue weighted by atomic mass is 35.5. The first kappa shape index (κ1) is 15.3. The van der Waals surface area contributed by atoms with Gasteiger partial charge in [-0.05, 0) is 44.5 Å². The third-order valence-corrected chi connectivity index (χ3v) is 4.42. The second-order valence-corrected chi connectivity index (χ2v) is 5.87. The fourth-order valence-corrected chi connectivity index (χ4v) is 3.20. The molecule has 0 unspecified atom stereocenters. The molecule has 5 heteroatoms. The monoisotopic (exact) mass is 298 g/mol. The number of carbonyl (C=O) groups is 1. The molecular formula is C15H20ClFN2O. The first-order valence-electron chi connectivity index (χ1n) is 7.00. The predicted octanol–water partition coefficient (Wildman–Crippen LogP) is 3.41. The third kappa shape index (κ3) is 2.81. The Kier molecular flexibility index (Phi) is 4.66. The highest BCUT2D eigenvalue weighted by Crippen LogP contribution is 2.38. The molecular weight excluding hydrogens is 279 g/mol. The molecule has 0 atom stereocenters. The van der Waals surface area contributed by atoms with Gasteiger partial charge in [0.05, 0.1) is 10.7 Å². The zero-order valence-electron chi connectivity index (χ0n) is 11.6. The summed E-state index contributed by atoms with van der Waals surface area (Å²) in [6.07, 6.45) is 3.31. The van der Waals surface area contributed by atoms with Gasteiger partial charge in [-0.2, -0.15) is 0 Å². The van der Waals surface area contributed by atoms with E-state index in [2.05, 4.69) is 12.2 Å². The van der Waals surface area contributed by atoms with Crippen LogP contribution in [0.25, 0.3) is 0 Å². The van der Waals surface area contributed by atoms with Crippen molar-refractivity contribution in [3.8, 4) is 0 Å². The molecule has 1 fully saturated rings. The van der Waals surface area contributed by atoms with Crippen LogP contribution in [0, 0.1) is 11.2 Å². The van der Waals surface area contributed by atoms with E-state index in [-0.39, 0.29) is 16.5 Å². The number of benzene rings is 1. The second-order valence-electron chi connectivity index (χ2n) is 5.46. The molecule has 1 aliphatic rings. The largest absolute Gasteiger partial charge is 0.395 e. The maximum atomic E-state index is 13.7. The number of hydrogen-bond acceptors (Lipinski definition) is 3. The van der Waals surface area contributed by atoms with Gasteiger partial charge in [-0.15, -0.1) is 0 Å². The van der Waals surface area contributed by atoms with Crippen molar-refractivity contribution >= 4 is 23.1 Å². The minimum absolute atomic E-state index is 0.0124. The van der Waals surface area contributed by atoms with Crippen molar-refractivity contribution in [2.45, 2.75) is 32.6 Å².